The molecule has 1 unspecified atom stereocenters. The molecule has 3 heterocycles. The Labute approximate surface area is 168 Å². The summed E-state index contributed by atoms with van der Waals surface area (Å²) in [5.74, 6) is -1.09. The van der Waals surface area contributed by atoms with Crippen molar-refractivity contribution < 1.29 is 19.1 Å². The number of aliphatic hydroxyl groups excluding tert-OH is 1. The lowest BCUT2D eigenvalue weighted by Crippen LogP contribution is -2.29. The van der Waals surface area contributed by atoms with Gasteiger partial charge in [0.1, 0.15) is 17.6 Å². The molecule has 146 valence electrons. The first kappa shape index (κ1) is 18.7. The van der Waals surface area contributed by atoms with E-state index in [0.717, 1.165) is 12.0 Å². The van der Waals surface area contributed by atoms with Crippen LogP contribution in [0.25, 0.3) is 5.76 Å². The summed E-state index contributed by atoms with van der Waals surface area (Å²) in [5, 5.41) is 11.0. The van der Waals surface area contributed by atoms with Crippen molar-refractivity contribution in [2.75, 3.05) is 0 Å². The average molecular weight is 388 g/mol. The van der Waals surface area contributed by atoms with Crippen molar-refractivity contribution in [3.05, 3.63) is 95.2 Å². The number of ketones is 1. The van der Waals surface area contributed by atoms with Gasteiger partial charge in [-0.05, 0) is 36.2 Å². The predicted molar refractivity (Wildman–Crippen MR) is 107 cm³/mol. The number of pyridine rings is 1. The van der Waals surface area contributed by atoms with Crippen molar-refractivity contribution in [3.8, 4) is 0 Å². The van der Waals surface area contributed by atoms with Crippen LogP contribution >= 0.6 is 0 Å². The molecule has 0 saturated carbocycles. The van der Waals surface area contributed by atoms with Gasteiger partial charge in [-0.25, -0.2) is 0 Å². The molecule has 1 aromatic carbocycles. The molecule has 1 aliphatic heterocycles. The Morgan fingerprint density at radius 2 is 1.90 bits per heavy atom. The Hall–Kier alpha value is -3.67. The number of likely N-dealkylation sites (tertiary alicyclic amines) is 1. The number of benzene rings is 1. The first-order valence-electron chi connectivity index (χ1n) is 9.41. The normalized spacial score (nSPS) is 18.4. The van der Waals surface area contributed by atoms with Crippen LogP contribution in [0.1, 0.15) is 35.5 Å². The van der Waals surface area contributed by atoms with Crippen LogP contribution < -0.4 is 0 Å². The highest BCUT2D eigenvalue weighted by molar-refractivity contribution is 6.46. The number of carbonyl (C=O) groups excluding carboxylic acids is 2. The molecule has 29 heavy (non-hydrogen) atoms. The molecule has 0 aliphatic carbocycles. The molecule has 4 rings (SSSR count). The second-order valence-electron chi connectivity index (χ2n) is 6.81. The largest absolute Gasteiger partial charge is 0.507 e. The van der Waals surface area contributed by atoms with Crippen LogP contribution in [-0.4, -0.2) is 26.7 Å². The van der Waals surface area contributed by atoms with Gasteiger partial charge in [0.15, 0.2) is 0 Å². The third-order valence-electron chi connectivity index (χ3n) is 5.05. The third kappa shape index (κ3) is 3.45. The average Bonchev–Trinajstić information content (AvgIpc) is 3.36. The number of nitrogens with zero attached hydrogens (tertiary/aromatic N) is 2. The van der Waals surface area contributed by atoms with Crippen LogP contribution in [0.4, 0.5) is 0 Å². The maximum atomic E-state index is 12.9. The van der Waals surface area contributed by atoms with Gasteiger partial charge in [-0.15, -0.1) is 0 Å². The van der Waals surface area contributed by atoms with Gasteiger partial charge in [-0.2, -0.15) is 0 Å². The van der Waals surface area contributed by atoms with E-state index in [1.165, 1.54) is 11.2 Å². The van der Waals surface area contributed by atoms with E-state index in [2.05, 4.69) is 4.98 Å². The molecule has 1 amide bonds. The van der Waals surface area contributed by atoms with Gasteiger partial charge < -0.3 is 14.4 Å². The molecule has 0 radical (unpaired) electrons. The minimum Gasteiger partial charge on any atom is -0.507 e. The summed E-state index contributed by atoms with van der Waals surface area (Å²) in [5.41, 5.74) is 2.13. The highest BCUT2D eigenvalue weighted by Crippen LogP contribution is 2.39. The van der Waals surface area contributed by atoms with Crippen molar-refractivity contribution in [2.24, 2.45) is 0 Å². The number of Topliss-reactive ketones (excluding diaryl/α,β-unsaturated/α-hetero) is 1. The molecule has 1 N–H and O–H groups in total. The molecule has 3 aromatic rings. The van der Waals surface area contributed by atoms with Gasteiger partial charge in [0.2, 0.25) is 0 Å². The van der Waals surface area contributed by atoms with Crippen LogP contribution in [0.3, 0.4) is 0 Å². The van der Waals surface area contributed by atoms with E-state index in [4.69, 9.17) is 4.42 Å². The number of rotatable bonds is 5. The second kappa shape index (κ2) is 7.75. The molecular weight excluding hydrogens is 368 g/mol. The topological polar surface area (TPSA) is 83.6 Å². The van der Waals surface area contributed by atoms with Gasteiger partial charge in [0, 0.05) is 11.8 Å². The SMILES string of the molecule is CCc1ccc(/C(O)=C2/C(=O)C(=O)N(Cc3ccco3)C2c2ccccn2)cc1. The van der Waals surface area contributed by atoms with Gasteiger partial charge in [0.05, 0.1) is 24.1 Å². The van der Waals surface area contributed by atoms with E-state index in [-0.39, 0.29) is 17.9 Å². The summed E-state index contributed by atoms with van der Waals surface area (Å²) in [7, 11) is 0. The van der Waals surface area contributed by atoms with E-state index in [1.54, 1.807) is 48.7 Å². The zero-order valence-electron chi connectivity index (χ0n) is 15.9. The Morgan fingerprint density at radius 1 is 1.10 bits per heavy atom. The molecule has 2 aromatic heterocycles. The third-order valence-corrected chi connectivity index (χ3v) is 5.05. The quantitative estimate of drug-likeness (QED) is 0.408. The molecule has 6 heteroatoms. The first-order valence-corrected chi connectivity index (χ1v) is 9.41. The minimum absolute atomic E-state index is 0.0319. The summed E-state index contributed by atoms with van der Waals surface area (Å²) in [6.07, 6.45) is 3.97. The number of furan rings is 1. The zero-order chi connectivity index (χ0) is 20.4. The lowest BCUT2D eigenvalue weighted by atomic mass is 9.97. The van der Waals surface area contributed by atoms with Crippen molar-refractivity contribution in [3.63, 3.8) is 0 Å². The fourth-order valence-electron chi connectivity index (χ4n) is 3.51. The molecule has 0 bridgehead atoms. The molecular formula is C23H20N2O4. The fourth-order valence-corrected chi connectivity index (χ4v) is 3.51. The lowest BCUT2D eigenvalue weighted by molar-refractivity contribution is -0.140. The Morgan fingerprint density at radius 3 is 2.52 bits per heavy atom. The first-order chi connectivity index (χ1) is 14.1. The van der Waals surface area contributed by atoms with Crippen LogP contribution in [0.5, 0.6) is 0 Å². The molecule has 6 nitrogen and oxygen atoms in total. The van der Waals surface area contributed by atoms with Crippen molar-refractivity contribution in [1.82, 2.24) is 9.88 Å². The smallest absolute Gasteiger partial charge is 0.296 e. The van der Waals surface area contributed by atoms with Crippen molar-refractivity contribution in [2.45, 2.75) is 25.9 Å². The summed E-state index contributed by atoms with van der Waals surface area (Å²) < 4.78 is 5.36. The Balaban J connectivity index is 1.83. The van der Waals surface area contributed by atoms with E-state index in [0.29, 0.717) is 17.0 Å². The number of aromatic nitrogens is 1. The second-order valence-corrected chi connectivity index (χ2v) is 6.81. The highest BCUT2D eigenvalue weighted by Gasteiger charge is 2.47. The van der Waals surface area contributed by atoms with Gasteiger partial charge in [-0.3, -0.25) is 14.6 Å². The lowest BCUT2D eigenvalue weighted by Gasteiger charge is -2.23. The highest BCUT2D eigenvalue weighted by atomic mass is 16.3. The number of carbonyl (C=O) groups is 2. The number of hydrogen-bond donors (Lipinski definition) is 1. The maximum absolute atomic E-state index is 12.9. The van der Waals surface area contributed by atoms with E-state index in [9.17, 15) is 14.7 Å². The van der Waals surface area contributed by atoms with Crippen LogP contribution in [0, 0.1) is 0 Å². The number of aliphatic hydroxyl groups is 1. The molecule has 1 atom stereocenters. The monoisotopic (exact) mass is 388 g/mol. The molecule has 1 fully saturated rings. The van der Waals surface area contributed by atoms with E-state index in [1.807, 2.05) is 19.1 Å². The summed E-state index contributed by atoms with van der Waals surface area (Å²) in [6.45, 7) is 2.14. The Kier molecular flexibility index (Phi) is 4.99. The van der Waals surface area contributed by atoms with Crippen molar-refractivity contribution in [1.29, 1.82) is 0 Å². The van der Waals surface area contributed by atoms with Gasteiger partial charge >= 0.3 is 0 Å². The van der Waals surface area contributed by atoms with Gasteiger partial charge in [-0.1, -0.05) is 37.3 Å². The standard InChI is InChI=1S/C23H20N2O4/c1-2-15-8-10-16(11-9-15)21(26)19-20(18-7-3-4-12-24-18)25(23(28)22(19)27)14-17-6-5-13-29-17/h3-13,20,26H,2,14H2,1H3/b21-19-. The zero-order valence-corrected chi connectivity index (χ0v) is 15.9. The number of aryl methyl sites for hydroxylation is 1. The van der Waals surface area contributed by atoms with Crippen molar-refractivity contribution >= 4 is 17.4 Å². The Bertz CT molecular complexity index is 1050. The van der Waals surface area contributed by atoms with Gasteiger partial charge in [0.25, 0.3) is 11.7 Å². The molecule has 1 aliphatic rings. The summed E-state index contributed by atoms with van der Waals surface area (Å²) in [4.78, 5) is 31.4. The minimum atomic E-state index is -0.799. The molecule has 1 saturated heterocycles. The van der Waals surface area contributed by atoms with Crippen LogP contribution in [-0.2, 0) is 22.6 Å². The molecule has 0 spiro atoms. The number of hydrogen-bond acceptors (Lipinski definition) is 5. The number of amides is 1. The summed E-state index contributed by atoms with van der Waals surface area (Å²) >= 11 is 0. The van der Waals surface area contributed by atoms with E-state index < -0.39 is 17.7 Å². The predicted octanol–water partition coefficient (Wildman–Crippen LogP) is 3.86. The maximum Gasteiger partial charge on any atom is 0.296 e. The van der Waals surface area contributed by atoms with Crippen LogP contribution in [0.15, 0.2) is 77.0 Å². The van der Waals surface area contributed by atoms with Crippen LogP contribution in [0.2, 0.25) is 0 Å². The fraction of sp³-hybridized carbons (Fsp3) is 0.174. The van der Waals surface area contributed by atoms with E-state index >= 15 is 0 Å². The summed E-state index contributed by atoms with van der Waals surface area (Å²) in [6, 6.07) is 15.2.